The Kier molecular flexibility index (Phi) is 3.26. The van der Waals surface area contributed by atoms with Gasteiger partial charge in [0.15, 0.2) is 5.12 Å². The van der Waals surface area contributed by atoms with Crippen LogP contribution in [-0.2, 0) is 4.79 Å². The lowest BCUT2D eigenvalue weighted by atomic mass is 10.0. The summed E-state index contributed by atoms with van der Waals surface area (Å²) in [4.78, 5) is 10.7. The van der Waals surface area contributed by atoms with Gasteiger partial charge in [0.2, 0.25) is 0 Å². The predicted molar refractivity (Wildman–Crippen MR) is 44.8 cm³/mol. The molecule has 1 aliphatic rings. The van der Waals surface area contributed by atoms with Crippen molar-refractivity contribution in [2.75, 3.05) is 0 Å². The van der Waals surface area contributed by atoms with Crippen LogP contribution >= 0.6 is 11.8 Å². The fraction of sp³-hybridized carbons (Fsp3) is 0.750. The highest BCUT2D eigenvalue weighted by Crippen LogP contribution is 2.27. The number of hydrogen-bond acceptors (Lipinski definition) is 2. The zero-order valence-electron chi connectivity index (χ0n) is 6.30. The molecule has 0 heterocycles. The lowest BCUT2D eigenvalue weighted by Crippen LogP contribution is -2.09. The van der Waals surface area contributed by atoms with Crippen LogP contribution in [-0.4, -0.2) is 10.4 Å². The quantitative estimate of drug-likeness (QED) is 0.581. The summed E-state index contributed by atoms with van der Waals surface area (Å²) in [5.41, 5.74) is 0. The van der Waals surface area contributed by atoms with Gasteiger partial charge in [-0.25, -0.2) is 0 Å². The van der Waals surface area contributed by atoms with Crippen LogP contribution in [0.25, 0.3) is 0 Å². The molecule has 0 amide bonds. The summed E-state index contributed by atoms with van der Waals surface area (Å²) in [5.74, 6) is 0. The van der Waals surface area contributed by atoms with Gasteiger partial charge in [0.1, 0.15) is 0 Å². The monoisotopic (exact) mass is 157 g/mol. The average Bonchev–Trinajstić information content (AvgIpc) is 1.88. The van der Waals surface area contributed by atoms with Gasteiger partial charge in [0, 0.05) is 12.2 Å². The lowest BCUT2D eigenvalue weighted by molar-refractivity contribution is -0.109. The fourth-order valence-electron chi connectivity index (χ4n) is 1.25. The van der Waals surface area contributed by atoms with Crippen LogP contribution in [0.4, 0.5) is 0 Å². The van der Waals surface area contributed by atoms with Crippen LogP contribution in [0.5, 0.6) is 0 Å². The van der Waals surface area contributed by atoms with Gasteiger partial charge in [0.25, 0.3) is 0 Å². The molecular formula is C8H13OS. The minimum Gasteiger partial charge on any atom is -0.288 e. The van der Waals surface area contributed by atoms with Gasteiger partial charge in [-0.3, -0.25) is 4.79 Å². The minimum absolute atomic E-state index is 0.270. The molecule has 0 bridgehead atoms. The Morgan fingerprint density at radius 1 is 1.50 bits per heavy atom. The molecule has 0 aromatic heterocycles. The number of rotatable bonds is 1. The predicted octanol–water partition coefficient (Wildman–Crippen LogP) is 2.41. The number of carbonyl (C=O) groups is 1. The summed E-state index contributed by atoms with van der Waals surface area (Å²) < 4.78 is 0. The van der Waals surface area contributed by atoms with Crippen molar-refractivity contribution in [1.82, 2.24) is 0 Å². The van der Waals surface area contributed by atoms with Crippen LogP contribution in [0.1, 0.15) is 32.6 Å². The van der Waals surface area contributed by atoms with Crippen molar-refractivity contribution in [1.29, 1.82) is 0 Å². The Labute approximate surface area is 66.6 Å². The van der Waals surface area contributed by atoms with Gasteiger partial charge in [-0.2, -0.15) is 0 Å². The summed E-state index contributed by atoms with van der Waals surface area (Å²) in [6.07, 6.45) is 7.11. The Balaban J connectivity index is 2.19. The number of thioether (sulfide) groups is 1. The maximum Gasteiger partial charge on any atom is 0.186 e. The number of hydrogen-bond donors (Lipinski definition) is 0. The first-order valence-electron chi connectivity index (χ1n) is 3.78. The van der Waals surface area contributed by atoms with Crippen LogP contribution < -0.4 is 0 Å². The van der Waals surface area contributed by atoms with E-state index in [9.17, 15) is 4.79 Å². The zero-order valence-corrected chi connectivity index (χ0v) is 7.12. The van der Waals surface area contributed by atoms with E-state index in [0.29, 0.717) is 5.25 Å². The summed E-state index contributed by atoms with van der Waals surface area (Å²) in [6, 6.07) is 0. The second kappa shape index (κ2) is 4.02. The van der Waals surface area contributed by atoms with E-state index in [1.165, 1.54) is 37.4 Å². The first kappa shape index (κ1) is 8.12. The molecule has 10 heavy (non-hydrogen) atoms. The van der Waals surface area contributed by atoms with E-state index in [0.717, 1.165) is 0 Å². The second-order valence-corrected chi connectivity index (χ2v) is 4.15. The molecule has 0 aliphatic heterocycles. The van der Waals surface area contributed by atoms with E-state index in [-0.39, 0.29) is 5.12 Å². The fourth-order valence-corrected chi connectivity index (χ4v) is 2.23. The van der Waals surface area contributed by atoms with E-state index in [2.05, 4.69) is 6.42 Å². The van der Waals surface area contributed by atoms with Crippen molar-refractivity contribution >= 4 is 16.9 Å². The summed E-state index contributed by atoms with van der Waals surface area (Å²) in [5, 5.41) is 0.884. The van der Waals surface area contributed by atoms with Gasteiger partial charge in [-0.15, -0.1) is 0 Å². The molecule has 1 radical (unpaired) electrons. The molecule has 0 unspecified atom stereocenters. The van der Waals surface area contributed by atoms with Crippen molar-refractivity contribution in [3.63, 3.8) is 0 Å². The van der Waals surface area contributed by atoms with Gasteiger partial charge in [-0.1, -0.05) is 11.8 Å². The van der Waals surface area contributed by atoms with E-state index >= 15 is 0 Å². The van der Waals surface area contributed by atoms with Gasteiger partial charge in [0.05, 0.1) is 0 Å². The molecular weight excluding hydrogens is 144 g/mol. The van der Waals surface area contributed by atoms with Crippen molar-refractivity contribution in [3.8, 4) is 0 Å². The lowest BCUT2D eigenvalue weighted by Gasteiger charge is -2.18. The SMILES string of the molecule is CC(=O)SC1CC[CH]CC1. The third-order valence-corrected chi connectivity index (χ3v) is 2.85. The second-order valence-electron chi connectivity index (χ2n) is 2.67. The molecule has 1 saturated carbocycles. The van der Waals surface area contributed by atoms with Crippen molar-refractivity contribution in [3.05, 3.63) is 6.42 Å². The highest BCUT2D eigenvalue weighted by Gasteiger charge is 2.15. The minimum atomic E-state index is 0.270. The van der Waals surface area contributed by atoms with Crippen LogP contribution in [0.2, 0.25) is 0 Å². The molecule has 57 valence electrons. The molecule has 1 aliphatic carbocycles. The van der Waals surface area contributed by atoms with E-state index < -0.39 is 0 Å². The van der Waals surface area contributed by atoms with Crippen molar-refractivity contribution in [2.24, 2.45) is 0 Å². The molecule has 0 N–H and O–H groups in total. The topological polar surface area (TPSA) is 17.1 Å². The Hall–Kier alpha value is 0.0200. The van der Waals surface area contributed by atoms with Crippen molar-refractivity contribution in [2.45, 2.75) is 37.9 Å². The Morgan fingerprint density at radius 3 is 2.60 bits per heavy atom. The Bertz CT molecular complexity index is 116. The average molecular weight is 157 g/mol. The summed E-state index contributed by atoms with van der Waals surface area (Å²) in [6.45, 7) is 1.66. The van der Waals surface area contributed by atoms with Gasteiger partial charge < -0.3 is 0 Å². The number of carbonyl (C=O) groups excluding carboxylic acids is 1. The molecule has 0 aromatic rings. The first-order chi connectivity index (χ1) is 4.79. The molecule has 1 rings (SSSR count). The Morgan fingerprint density at radius 2 is 2.10 bits per heavy atom. The molecule has 2 heteroatoms. The van der Waals surface area contributed by atoms with E-state index in [4.69, 9.17) is 0 Å². The summed E-state index contributed by atoms with van der Waals surface area (Å²) >= 11 is 1.52. The molecule has 1 nitrogen and oxygen atoms in total. The normalized spacial score (nSPS) is 20.9. The molecule has 0 spiro atoms. The standard InChI is InChI=1S/C8H13OS/c1-7(9)10-8-5-3-2-4-6-8/h2,8H,3-6H2,1H3. The maximum atomic E-state index is 10.7. The maximum absolute atomic E-state index is 10.7. The first-order valence-corrected chi connectivity index (χ1v) is 4.66. The largest absolute Gasteiger partial charge is 0.288 e. The van der Waals surface area contributed by atoms with Crippen LogP contribution in [0.3, 0.4) is 0 Å². The molecule has 0 aromatic carbocycles. The van der Waals surface area contributed by atoms with Crippen LogP contribution in [0.15, 0.2) is 0 Å². The summed E-state index contributed by atoms with van der Waals surface area (Å²) in [7, 11) is 0. The third kappa shape index (κ3) is 2.74. The van der Waals surface area contributed by atoms with Crippen molar-refractivity contribution < 1.29 is 4.79 Å². The zero-order chi connectivity index (χ0) is 7.40. The highest BCUT2D eigenvalue weighted by molar-refractivity contribution is 8.14. The van der Waals surface area contributed by atoms with Gasteiger partial charge in [-0.05, 0) is 32.1 Å². The third-order valence-electron chi connectivity index (χ3n) is 1.72. The van der Waals surface area contributed by atoms with Crippen LogP contribution in [0, 0.1) is 6.42 Å². The molecule has 0 saturated heterocycles. The van der Waals surface area contributed by atoms with E-state index in [1.54, 1.807) is 6.92 Å². The van der Waals surface area contributed by atoms with Gasteiger partial charge >= 0.3 is 0 Å². The smallest absolute Gasteiger partial charge is 0.186 e. The molecule has 1 fully saturated rings. The molecule has 0 atom stereocenters. The van der Waals surface area contributed by atoms with E-state index in [1.807, 2.05) is 0 Å². The highest BCUT2D eigenvalue weighted by atomic mass is 32.2.